The molecule has 4 nitrogen and oxygen atoms in total. The van der Waals surface area contributed by atoms with Crippen molar-refractivity contribution in [2.45, 2.75) is 19.3 Å². The van der Waals surface area contributed by atoms with Crippen LogP contribution in [-0.4, -0.2) is 10.1 Å². The molecule has 0 fully saturated rings. The smallest absolute Gasteiger partial charge is 0.227 e. The number of hydrogen-bond acceptors (Lipinski definition) is 4. The number of nitriles is 1. The molecular formula is C12H9Cl2N3O. The van der Waals surface area contributed by atoms with Gasteiger partial charge in [-0.3, -0.25) is 0 Å². The number of halogens is 2. The lowest BCUT2D eigenvalue weighted by Gasteiger charge is -2.00. The molecule has 92 valence electrons. The molecule has 0 saturated heterocycles. The zero-order valence-electron chi connectivity index (χ0n) is 9.36. The molecule has 0 aliphatic heterocycles. The summed E-state index contributed by atoms with van der Waals surface area (Å²) in [6.45, 7) is 0. The van der Waals surface area contributed by atoms with E-state index >= 15 is 0 Å². The van der Waals surface area contributed by atoms with Gasteiger partial charge in [0.25, 0.3) is 0 Å². The highest BCUT2D eigenvalue weighted by atomic mass is 35.5. The van der Waals surface area contributed by atoms with Crippen LogP contribution < -0.4 is 0 Å². The first-order valence-corrected chi connectivity index (χ1v) is 6.07. The van der Waals surface area contributed by atoms with Gasteiger partial charge in [-0.1, -0.05) is 34.4 Å². The van der Waals surface area contributed by atoms with Crippen molar-refractivity contribution in [1.29, 1.82) is 5.26 Å². The fourth-order valence-electron chi connectivity index (χ4n) is 1.46. The first-order chi connectivity index (χ1) is 8.69. The minimum atomic E-state index is 0.364. The molecular weight excluding hydrogens is 273 g/mol. The molecule has 6 heteroatoms. The van der Waals surface area contributed by atoms with Gasteiger partial charge in [-0.05, 0) is 17.7 Å². The molecule has 2 aromatic rings. The Morgan fingerprint density at radius 3 is 2.89 bits per heavy atom. The monoisotopic (exact) mass is 281 g/mol. The maximum atomic E-state index is 8.46. The van der Waals surface area contributed by atoms with Crippen LogP contribution in [0.1, 0.15) is 23.7 Å². The highest BCUT2D eigenvalue weighted by molar-refractivity contribution is 6.35. The fourth-order valence-corrected chi connectivity index (χ4v) is 1.94. The van der Waals surface area contributed by atoms with Crippen molar-refractivity contribution in [2.75, 3.05) is 0 Å². The van der Waals surface area contributed by atoms with Crippen LogP contribution in [-0.2, 0) is 12.8 Å². The van der Waals surface area contributed by atoms with E-state index in [1.165, 1.54) is 0 Å². The summed E-state index contributed by atoms with van der Waals surface area (Å²) < 4.78 is 5.02. The average Bonchev–Trinajstić information content (AvgIpc) is 2.78. The van der Waals surface area contributed by atoms with E-state index in [9.17, 15) is 0 Å². The Kier molecular flexibility index (Phi) is 4.19. The summed E-state index contributed by atoms with van der Waals surface area (Å²) in [5, 5.41) is 13.5. The van der Waals surface area contributed by atoms with E-state index in [1.807, 2.05) is 12.1 Å². The van der Waals surface area contributed by atoms with Crippen LogP contribution in [0.25, 0.3) is 0 Å². The third-order valence-corrected chi connectivity index (χ3v) is 2.91. The van der Waals surface area contributed by atoms with Crippen molar-refractivity contribution < 1.29 is 4.52 Å². The molecule has 0 amide bonds. The van der Waals surface area contributed by atoms with Crippen LogP contribution in [0, 0.1) is 11.3 Å². The van der Waals surface area contributed by atoms with Crippen LogP contribution in [0.3, 0.4) is 0 Å². The largest absolute Gasteiger partial charge is 0.339 e. The molecule has 0 bridgehead atoms. The molecule has 0 radical (unpaired) electrons. The molecule has 0 aliphatic rings. The number of benzene rings is 1. The Morgan fingerprint density at radius 2 is 2.17 bits per heavy atom. The van der Waals surface area contributed by atoms with Crippen molar-refractivity contribution in [2.24, 2.45) is 0 Å². The first kappa shape index (κ1) is 12.9. The van der Waals surface area contributed by atoms with E-state index in [4.69, 9.17) is 33.0 Å². The predicted octanol–water partition coefficient (Wildman–Crippen LogP) is 3.42. The standard InChI is InChI=1S/C12H9Cl2N3O/c13-9-4-3-8(10(14)7-9)6-11-16-12(18-17-11)2-1-5-15/h3-4,7H,1-2,6H2. The molecule has 1 aromatic carbocycles. The molecule has 0 N–H and O–H groups in total. The fraction of sp³-hybridized carbons (Fsp3) is 0.250. The van der Waals surface area contributed by atoms with E-state index in [-0.39, 0.29) is 0 Å². The highest BCUT2D eigenvalue weighted by Gasteiger charge is 2.09. The van der Waals surface area contributed by atoms with Crippen molar-refractivity contribution in [1.82, 2.24) is 10.1 Å². The van der Waals surface area contributed by atoms with Crippen molar-refractivity contribution in [3.63, 3.8) is 0 Å². The van der Waals surface area contributed by atoms with Crippen LogP contribution in [0.4, 0.5) is 0 Å². The summed E-state index contributed by atoms with van der Waals surface area (Å²) in [7, 11) is 0. The molecule has 0 saturated carbocycles. The van der Waals surface area contributed by atoms with Gasteiger partial charge in [-0.2, -0.15) is 10.2 Å². The topological polar surface area (TPSA) is 62.7 Å². The SMILES string of the molecule is N#CCCc1nc(Cc2ccc(Cl)cc2Cl)no1. The van der Waals surface area contributed by atoms with E-state index in [2.05, 4.69) is 10.1 Å². The van der Waals surface area contributed by atoms with Crippen LogP contribution in [0.15, 0.2) is 22.7 Å². The minimum Gasteiger partial charge on any atom is -0.339 e. The number of hydrogen-bond donors (Lipinski definition) is 0. The van der Waals surface area contributed by atoms with Crippen LogP contribution in [0.2, 0.25) is 10.0 Å². The molecule has 0 atom stereocenters. The highest BCUT2D eigenvalue weighted by Crippen LogP contribution is 2.22. The Labute approximate surface area is 114 Å². The normalized spacial score (nSPS) is 10.3. The molecule has 2 rings (SSSR count). The second-order valence-corrected chi connectivity index (χ2v) is 4.52. The summed E-state index contributed by atoms with van der Waals surface area (Å²) in [4.78, 5) is 4.19. The summed E-state index contributed by atoms with van der Waals surface area (Å²) in [5.74, 6) is 1.02. The van der Waals surface area contributed by atoms with Gasteiger partial charge in [-0.15, -0.1) is 0 Å². The Hall–Kier alpha value is -1.57. The summed E-state index contributed by atoms with van der Waals surface area (Å²) in [6.07, 6.45) is 1.31. The number of aromatic nitrogens is 2. The Morgan fingerprint density at radius 1 is 1.33 bits per heavy atom. The first-order valence-electron chi connectivity index (χ1n) is 5.31. The van der Waals surface area contributed by atoms with Gasteiger partial charge in [0.1, 0.15) is 0 Å². The predicted molar refractivity (Wildman–Crippen MR) is 67.5 cm³/mol. The number of nitrogens with zero attached hydrogens (tertiary/aromatic N) is 3. The molecule has 1 aromatic heterocycles. The lowest BCUT2D eigenvalue weighted by Crippen LogP contribution is -1.92. The zero-order chi connectivity index (χ0) is 13.0. The van der Waals surface area contributed by atoms with E-state index in [0.29, 0.717) is 41.0 Å². The van der Waals surface area contributed by atoms with Crippen molar-refractivity contribution >= 4 is 23.2 Å². The number of rotatable bonds is 4. The molecule has 0 spiro atoms. The second kappa shape index (κ2) is 5.85. The van der Waals surface area contributed by atoms with Crippen LogP contribution >= 0.6 is 23.2 Å². The van der Waals surface area contributed by atoms with Crippen LogP contribution in [0.5, 0.6) is 0 Å². The number of aryl methyl sites for hydroxylation is 1. The third kappa shape index (κ3) is 3.22. The maximum Gasteiger partial charge on any atom is 0.227 e. The summed E-state index contributed by atoms with van der Waals surface area (Å²) >= 11 is 11.9. The van der Waals surface area contributed by atoms with Gasteiger partial charge in [0, 0.05) is 29.3 Å². The molecule has 0 aliphatic carbocycles. The molecule has 1 heterocycles. The van der Waals surface area contributed by atoms with Gasteiger partial charge in [0.2, 0.25) is 5.89 Å². The average molecular weight is 282 g/mol. The Bertz CT molecular complexity index is 589. The zero-order valence-corrected chi connectivity index (χ0v) is 10.9. The summed E-state index contributed by atoms with van der Waals surface area (Å²) in [6, 6.07) is 7.30. The Balaban J connectivity index is 2.09. The van der Waals surface area contributed by atoms with E-state index in [1.54, 1.807) is 12.1 Å². The third-order valence-electron chi connectivity index (χ3n) is 2.32. The lowest BCUT2D eigenvalue weighted by atomic mass is 10.1. The van der Waals surface area contributed by atoms with Gasteiger partial charge in [-0.25, -0.2) is 0 Å². The summed E-state index contributed by atoms with van der Waals surface area (Å²) in [5.41, 5.74) is 0.883. The van der Waals surface area contributed by atoms with Crippen molar-refractivity contribution in [3.8, 4) is 6.07 Å². The maximum absolute atomic E-state index is 8.46. The lowest BCUT2D eigenvalue weighted by molar-refractivity contribution is 0.375. The molecule has 0 unspecified atom stereocenters. The molecule has 18 heavy (non-hydrogen) atoms. The van der Waals surface area contributed by atoms with Crippen molar-refractivity contribution in [3.05, 3.63) is 45.5 Å². The van der Waals surface area contributed by atoms with Gasteiger partial charge in [0.15, 0.2) is 5.82 Å². The van der Waals surface area contributed by atoms with E-state index in [0.717, 1.165) is 5.56 Å². The van der Waals surface area contributed by atoms with Gasteiger partial charge >= 0.3 is 0 Å². The minimum absolute atomic E-state index is 0.364. The van der Waals surface area contributed by atoms with E-state index < -0.39 is 0 Å². The quantitative estimate of drug-likeness (QED) is 0.861. The van der Waals surface area contributed by atoms with Gasteiger partial charge < -0.3 is 4.52 Å². The second-order valence-electron chi connectivity index (χ2n) is 3.67. The van der Waals surface area contributed by atoms with Gasteiger partial charge in [0.05, 0.1) is 6.07 Å².